The molecular weight excluding hydrogens is 456 g/mol. The molecule has 0 aromatic heterocycles. The Hall–Kier alpha value is -2.26. The molecule has 4 saturated carbocycles. The van der Waals surface area contributed by atoms with Gasteiger partial charge in [-0.25, -0.2) is 0 Å². The van der Waals surface area contributed by atoms with Crippen LogP contribution in [0.5, 0.6) is 0 Å². The van der Waals surface area contributed by atoms with Crippen LogP contribution < -0.4 is 0 Å². The zero-order valence-corrected chi connectivity index (χ0v) is 21.2. The van der Waals surface area contributed by atoms with Gasteiger partial charge in [0, 0.05) is 38.0 Å². The number of rotatable bonds is 3. The Labute approximate surface area is 205 Å². The number of carbonyl (C=O) groups excluding carboxylic acids is 4. The van der Waals surface area contributed by atoms with Gasteiger partial charge in [-0.3, -0.25) is 19.2 Å². The van der Waals surface area contributed by atoms with E-state index in [4.69, 9.17) is 14.2 Å². The third-order valence-electron chi connectivity index (χ3n) is 9.32. The summed E-state index contributed by atoms with van der Waals surface area (Å²) < 4.78 is 17.1. The van der Waals surface area contributed by atoms with Crippen molar-refractivity contribution < 1.29 is 43.6 Å². The second kappa shape index (κ2) is 8.13. The molecule has 0 heterocycles. The number of aliphatic hydroxyl groups is 2. The highest BCUT2D eigenvalue weighted by atomic mass is 16.6. The summed E-state index contributed by atoms with van der Waals surface area (Å²) >= 11 is 0. The van der Waals surface area contributed by atoms with Gasteiger partial charge in [0.05, 0.1) is 11.5 Å². The molecule has 9 heteroatoms. The molecule has 0 aromatic carbocycles. The number of fused-ring (bicyclic) bond motifs is 3. The van der Waals surface area contributed by atoms with Gasteiger partial charge in [-0.1, -0.05) is 27.4 Å². The fourth-order valence-corrected chi connectivity index (χ4v) is 8.55. The third-order valence-corrected chi connectivity index (χ3v) is 9.32. The van der Waals surface area contributed by atoms with Crippen molar-refractivity contribution in [3.63, 3.8) is 0 Å². The number of ketones is 1. The number of Topliss-reactive ketones (excluding diaryl/α,β-unsaturated/α-hetero) is 1. The van der Waals surface area contributed by atoms with Gasteiger partial charge in [0.2, 0.25) is 0 Å². The Balaban J connectivity index is 1.98. The molecule has 2 N–H and O–H groups in total. The van der Waals surface area contributed by atoms with Gasteiger partial charge in [-0.05, 0) is 36.2 Å². The van der Waals surface area contributed by atoms with Crippen molar-refractivity contribution in [2.75, 3.05) is 0 Å². The molecule has 4 aliphatic rings. The molecule has 4 rings (SSSR count). The van der Waals surface area contributed by atoms with Gasteiger partial charge in [0.1, 0.15) is 24.4 Å². The summed E-state index contributed by atoms with van der Waals surface area (Å²) in [5, 5.41) is 23.2. The van der Waals surface area contributed by atoms with E-state index in [9.17, 15) is 29.4 Å². The van der Waals surface area contributed by atoms with E-state index in [0.717, 1.165) is 0 Å². The van der Waals surface area contributed by atoms with Crippen LogP contribution in [-0.2, 0) is 33.4 Å². The van der Waals surface area contributed by atoms with Crippen LogP contribution >= 0.6 is 0 Å². The quantitative estimate of drug-likeness (QED) is 0.343. The van der Waals surface area contributed by atoms with Gasteiger partial charge in [0.15, 0.2) is 5.78 Å². The topological polar surface area (TPSA) is 136 Å². The standard InChI is InChI=1S/C26H36O9/c1-11-15-8-16(33-12(2)27)19-25(7)10-17(34-13(3)28)22(31)24(5,6)20(25)18(35-14(4)29)23(32)26(19,9-15)21(11)30/h15-20,22-23,31-32H,1,8-10H2,2-7H3. The van der Waals surface area contributed by atoms with Crippen molar-refractivity contribution in [1.29, 1.82) is 0 Å². The van der Waals surface area contributed by atoms with Crippen LogP contribution in [0.4, 0.5) is 0 Å². The molecular formula is C26H36O9. The fraction of sp³-hybridized carbons (Fsp3) is 0.769. The van der Waals surface area contributed by atoms with Crippen LogP contribution in [0.15, 0.2) is 12.2 Å². The molecule has 4 fully saturated rings. The van der Waals surface area contributed by atoms with E-state index in [-0.39, 0.29) is 18.1 Å². The van der Waals surface area contributed by atoms with Crippen molar-refractivity contribution >= 4 is 23.7 Å². The van der Waals surface area contributed by atoms with Crippen molar-refractivity contribution in [3.8, 4) is 0 Å². The minimum Gasteiger partial charge on any atom is -0.462 e. The summed E-state index contributed by atoms with van der Waals surface area (Å²) in [6, 6.07) is 0. The molecule has 10 unspecified atom stereocenters. The highest BCUT2D eigenvalue weighted by Gasteiger charge is 2.78. The lowest BCUT2D eigenvalue weighted by molar-refractivity contribution is -0.297. The average molecular weight is 493 g/mol. The summed E-state index contributed by atoms with van der Waals surface area (Å²) in [5.74, 6) is -3.57. The number of carbonyl (C=O) groups is 4. The largest absolute Gasteiger partial charge is 0.462 e. The van der Waals surface area contributed by atoms with Gasteiger partial charge in [-0.2, -0.15) is 0 Å². The first-order valence-electron chi connectivity index (χ1n) is 12.2. The first-order valence-corrected chi connectivity index (χ1v) is 12.2. The number of ether oxygens (including phenoxy) is 3. The zero-order chi connectivity index (χ0) is 26.2. The molecule has 0 aromatic rings. The van der Waals surface area contributed by atoms with E-state index >= 15 is 0 Å². The normalized spacial score (nSPS) is 45.7. The number of esters is 3. The lowest BCUT2D eigenvalue weighted by atomic mass is 9.38. The summed E-state index contributed by atoms with van der Waals surface area (Å²) in [5.41, 5.74) is -2.94. The highest BCUT2D eigenvalue weighted by molar-refractivity contribution is 6.04. The summed E-state index contributed by atoms with van der Waals surface area (Å²) in [7, 11) is 0. The Bertz CT molecular complexity index is 985. The van der Waals surface area contributed by atoms with E-state index in [1.54, 1.807) is 13.8 Å². The summed E-state index contributed by atoms with van der Waals surface area (Å²) in [6.07, 6.45) is -4.41. The Morgan fingerprint density at radius 2 is 1.40 bits per heavy atom. The van der Waals surface area contributed by atoms with Crippen LogP contribution in [0.1, 0.15) is 60.8 Å². The number of allylic oxidation sites excluding steroid dienone is 1. The zero-order valence-electron chi connectivity index (χ0n) is 21.2. The smallest absolute Gasteiger partial charge is 0.303 e. The Kier molecular flexibility index (Phi) is 6.00. The molecule has 194 valence electrons. The van der Waals surface area contributed by atoms with E-state index in [2.05, 4.69) is 6.58 Å². The maximum absolute atomic E-state index is 13.8. The molecule has 4 aliphatic carbocycles. The predicted octanol–water partition coefficient (Wildman–Crippen LogP) is 1.72. The summed E-state index contributed by atoms with van der Waals surface area (Å²) in [4.78, 5) is 50.1. The SMILES string of the molecule is C=C1C(=O)C23CC1CC(OC(C)=O)C2C1(C)CC(OC(C)=O)C(O)C(C)(C)C1C(OC(C)=O)C3O. The summed E-state index contributed by atoms with van der Waals surface area (Å²) in [6.45, 7) is 13.3. The maximum atomic E-state index is 13.8. The van der Waals surface area contributed by atoms with Gasteiger partial charge in [-0.15, -0.1) is 0 Å². The Morgan fingerprint density at radius 3 is 1.94 bits per heavy atom. The van der Waals surface area contributed by atoms with Crippen LogP contribution in [0.3, 0.4) is 0 Å². The van der Waals surface area contributed by atoms with E-state index in [1.165, 1.54) is 20.8 Å². The van der Waals surface area contributed by atoms with Crippen molar-refractivity contribution in [3.05, 3.63) is 12.2 Å². The monoisotopic (exact) mass is 492 g/mol. The second-order valence-corrected chi connectivity index (χ2v) is 11.8. The second-order valence-electron chi connectivity index (χ2n) is 11.8. The fourth-order valence-electron chi connectivity index (χ4n) is 8.55. The van der Waals surface area contributed by atoms with Gasteiger partial charge >= 0.3 is 17.9 Å². The van der Waals surface area contributed by atoms with Gasteiger partial charge in [0.25, 0.3) is 0 Å². The third kappa shape index (κ3) is 3.49. The van der Waals surface area contributed by atoms with Crippen LogP contribution in [0.2, 0.25) is 0 Å². The van der Waals surface area contributed by atoms with E-state index < -0.39 is 76.5 Å². The molecule has 0 saturated heterocycles. The van der Waals surface area contributed by atoms with Crippen molar-refractivity contribution in [2.45, 2.75) is 91.3 Å². The molecule has 0 radical (unpaired) electrons. The van der Waals surface area contributed by atoms with Crippen LogP contribution in [0, 0.1) is 34.0 Å². The average Bonchev–Trinajstić information content (AvgIpc) is 2.90. The lowest BCUT2D eigenvalue weighted by Gasteiger charge is -2.68. The molecule has 1 spiro atoms. The van der Waals surface area contributed by atoms with Crippen molar-refractivity contribution in [1.82, 2.24) is 0 Å². The molecule has 10 atom stereocenters. The molecule has 2 bridgehead atoms. The highest BCUT2D eigenvalue weighted by Crippen LogP contribution is 2.72. The number of hydrogen-bond acceptors (Lipinski definition) is 9. The van der Waals surface area contributed by atoms with Crippen LogP contribution in [-0.4, -0.2) is 64.4 Å². The van der Waals surface area contributed by atoms with Crippen LogP contribution in [0.25, 0.3) is 0 Å². The minimum atomic E-state index is -1.39. The van der Waals surface area contributed by atoms with Crippen molar-refractivity contribution in [2.24, 2.45) is 34.0 Å². The van der Waals surface area contributed by atoms with Gasteiger partial charge < -0.3 is 24.4 Å². The molecule has 0 amide bonds. The maximum Gasteiger partial charge on any atom is 0.303 e. The van der Waals surface area contributed by atoms with E-state index in [0.29, 0.717) is 18.4 Å². The lowest BCUT2D eigenvalue weighted by Crippen LogP contribution is -2.75. The first-order chi connectivity index (χ1) is 16.1. The predicted molar refractivity (Wildman–Crippen MR) is 121 cm³/mol. The molecule has 9 nitrogen and oxygen atoms in total. The molecule has 0 aliphatic heterocycles. The number of hydrogen-bond donors (Lipinski definition) is 2. The Morgan fingerprint density at radius 1 is 0.857 bits per heavy atom. The molecule has 35 heavy (non-hydrogen) atoms. The minimum absolute atomic E-state index is 0.140. The number of aliphatic hydroxyl groups excluding tert-OH is 2. The van der Waals surface area contributed by atoms with E-state index in [1.807, 2.05) is 6.92 Å². The first kappa shape index (κ1) is 25.8.